The van der Waals surface area contributed by atoms with E-state index in [9.17, 15) is 4.79 Å². The minimum atomic E-state index is -0.125. The van der Waals surface area contributed by atoms with E-state index >= 15 is 0 Å². The lowest BCUT2D eigenvalue weighted by Gasteiger charge is -2.07. The number of carbonyl (C=O) groups is 1. The van der Waals surface area contributed by atoms with Gasteiger partial charge in [0.1, 0.15) is 11.5 Å². The quantitative estimate of drug-likeness (QED) is 0.791. The second-order valence-corrected chi connectivity index (χ2v) is 4.77. The van der Waals surface area contributed by atoms with Crippen LogP contribution in [0.3, 0.4) is 0 Å². The molecule has 1 amide bonds. The number of amides is 1. The normalized spacial score (nSPS) is 10.5. The highest BCUT2D eigenvalue weighted by atomic mass is 16.3. The number of aryl methyl sites for hydroxylation is 1. The van der Waals surface area contributed by atoms with Gasteiger partial charge in [0.25, 0.3) is 5.91 Å². The van der Waals surface area contributed by atoms with Gasteiger partial charge in [-0.15, -0.1) is 0 Å². The zero-order valence-electron chi connectivity index (χ0n) is 11.6. The summed E-state index contributed by atoms with van der Waals surface area (Å²) in [5, 5.41) is 2.83. The molecule has 4 heteroatoms. The molecule has 3 aromatic rings. The fraction of sp³-hybridized carbons (Fsp3) is 0.118. The summed E-state index contributed by atoms with van der Waals surface area (Å²) in [6.45, 7) is 2.34. The van der Waals surface area contributed by atoms with E-state index in [-0.39, 0.29) is 5.91 Å². The van der Waals surface area contributed by atoms with Crippen molar-refractivity contribution in [3.8, 4) is 11.3 Å². The number of benzene rings is 1. The van der Waals surface area contributed by atoms with Gasteiger partial charge in [-0.25, -0.2) is 0 Å². The van der Waals surface area contributed by atoms with Crippen LogP contribution >= 0.6 is 0 Å². The Labute approximate surface area is 122 Å². The molecule has 0 saturated heterocycles. The van der Waals surface area contributed by atoms with Crippen LogP contribution in [0.1, 0.15) is 21.7 Å². The maximum atomic E-state index is 12.1. The largest absolute Gasteiger partial charge is 0.467 e. The van der Waals surface area contributed by atoms with E-state index in [1.165, 1.54) is 0 Å². The number of rotatable bonds is 4. The minimum Gasteiger partial charge on any atom is -0.467 e. The van der Waals surface area contributed by atoms with Crippen LogP contribution in [0.2, 0.25) is 0 Å². The zero-order valence-corrected chi connectivity index (χ0v) is 11.6. The zero-order chi connectivity index (χ0) is 14.7. The van der Waals surface area contributed by atoms with Gasteiger partial charge in [0.15, 0.2) is 0 Å². The molecule has 0 unspecified atom stereocenters. The van der Waals surface area contributed by atoms with Crippen LogP contribution in [0.4, 0.5) is 0 Å². The van der Waals surface area contributed by atoms with Crippen LogP contribution in [0.5, 0.6) is 0 Å². The van der Waals surface area contributed by atoms with Crippen molar-refractivity contribution in [2.24, 2.45) is 0 Å². The van der Waals surface area contributed by atoms with Gasteiger partial charge in [-0.3, -0.25) is 4.79 Å². The van der Waals surface area contributed by atoms with Crippen molar-refractivity contribution in [1.29, 1.82) is 0 Å². The highest BCUT2D eigenvalue weighted by Gasteiger charge is 2.10. The lowest BCUT2D eigenvalue weighted by molar-refractivity contribution is 0.0948. The van der Waals surface area contributed by atoms with Gasteiger partial charge < -0.3 is 14.2 Å². The number of carbonyl (C=O) groups excluding carboxylic acids is 1. The van der Waals surface area contributed by atoms with E-state index in [1.54, 1.807) is 24.7 Å². The maximum Gasteiger partial charge on any atom is 0.251 e. The Morgan fingerprint density at radius 1 is 1.10 bits per heavy atom. The molecular weight excluding hydrogens is 266 g/mol. The van der Waals surface area contributed by atoms with Crippen LogP contribution in [0.15, 0.2) is 63.8 Å². The molecule has 4 nitrogen and oxygen atoms in total. The van der Waals surface area contributed by atoms with Crippen molar-refractivity contribution < 1.29 is 13.6 Å². The van der Waals surface area contributed by atoms with Gasteiger partial charge in [0.2, 0.25) is 0 Å². The average molecular weight is 281 g/mol. The van der Waals surface area contributed by atoms with Gasteiger partial charge in [-0.2, -0.15) is 0 Å². The summed E-state index contributed by atoms with van der Waals surface area (Å²) in [7, 11) is 0. The van der Waals surface area contributed by atoms with Crippen LogP contribution in [0, 0.1) is 6.92 Å². The molecule has 3 rings (SSSR count). The number of nitrogens with one attached hydrogen (secondary N) is 1. The fourth-order valence-corrected chi connectivity index (χ4v) is 2.20. The summed E-state index contributed by atoms with van der Waals surface area (Å²) in [5.74, 6) is 1.41. The minimum absolute atomic E-state index is 0.125. The summed E-state index contributed by atoms with van der Waals surface area (Å²) in [6.07, 6.45) is 3.22. The van der Waals surface area contributed by atoms with Gasteiger partial charge in [-0.1, -0.05) is 6.07 Å². The van der Waals surface area contributed by atoms with Gasteiger partial charge in [0.05, 0.1) is 19.1 Å². The topological polar surface area (TPSA) is 55.4 Å². The second-order valence-electron chi connectivity index (χ2n) is 4.77. The lowest BCUT2D eigenvalue weighted by Crippen LogP contribution is -2.22. The third-order valence-electron chi connectivity index (χ3n) is 3.28. The predicted octanol–water partition coefficient (Wildman–Crippen LogP) is 3.78. The van der Waals surface area contributed by atoms with E-state index < -0.39 is 0 Å². The molecular formula is C17H15NO3. The first kappa shape index (κ1) is 13.2. The predicted molar refractivity (Wildman–Crippen MR) is 78.8 cm³/mol. The van der Waals surface area contributed by atoms with Crippen LogP contribution < -0.4 is 5.32 Å². The van der Waals surface area contributed by atoms with E-state index in [2.05, 4.69) is 5.32 Å². The van der Waals surface area contributed by atoms with Crippen molar-refractivity contribution in [1.82, 2.24) is 5.32 Å². The third-order valence-corrected chi connectivity index (χ3v) is 3.28. The molecule has 106 valence electrons. The highest BCUT2D eigenvalue weighted by Crippen LogP contribution is 2.24. The third kappa shape index (κ3) is 2.89. The van der Waals surface area contributed by atoms with E-state index in [1.807, 2.05) is 37.3 Å². The monoisotopic (exact) mass is 281 g/mol. The molecule has 21 heavy (non-hydrogen) atoms. The number of hydrogen-bond donors (Lipinski definition) is 1. The standard InChI is InChI=1S/C17H15NO3/c1-12-10-13(6-7-15(12)16-5-3-9-21-16)17(19)18-11-14-4-2-8-20-14/h2-10H,11H2,1H3,(H,18,19). The Balaban J connectivity index is 1.74. The Kier molecular flexibility index (Phi) is 3.60. The molecule has 2 aromatic heterocycles. The molecule has 1 aromatic carbocycles. The molecule has 0 spiro atoms. The Morgan fingerprint density at radius 3 is 2.57 bits per heavy atom. The van der Waals surface area contributed by atoms with Crippen molar-refractivity contribution >= 4 is 5.91 Å². The van der Waals surface area contributed by atoms with Crippen molar-refractivity contribution in [2.75, 3.05) is 0 Å². The molecule has 0 atom stereocenters. The van der Waals surface area contributed by atoms with E-state index in [0.717, 1.165) is 22.6 Å². The Bertz CT molecular complexity index is 728. The molecule has 0 fully saturated rings. The van der Waals surface area contributed by atoms with Crippen molar-refractivity contribution in [2.45, 2.75) is 13.5 Å². The number of hydrogen-bond acceptors (Lipinski definition) is 3. The molecule has 0 saturated carbocycles. The van der Waals surface area contributed by atoms with Crippen LogP contribution in [-0.4, -0.2) is 5.91 Å². The smallest absolute Gasteiger partial charge is 0.251 e. The maximum absolute atomic E-state index is 12.1. The van der Waals surface area contributed by atoms with E-state index in [4.69, 9.17) is 8.83 Å². The first-order chi connectivity index (χ1) is 10.2. The SMILES string of the molecule is Cc1cc(C(=O)NCc2ccco2)ccc1-c1ccco1. The highest BCUT2D eigenvalue weighted by molar-refractivity contribution is 5.94. The Hall–Kier alpha value is -2.75. The molecule has 0 radical (unpaired) electrons. The van der Waals surface area contributed by atoms with E-state index in [0.29, 0.717) is 12.1 Å². The summed E-state index contributed by atoms with van der Waals surface area (Å²) in [6, 6.07) is 12.9. The van der Waals surface area contributed by atoms with Crippen molar-refractivity contribution in [3.63, 3.8) is 0 Å². The molecule has 0 aliphatic heterocycles. The fourth-order valence-electron chi connectivity index (χ4n) is 2.20. The van der Waals surface area contributed by atoms with Crippen molar-refractivity contribution in [3.05, 3.63) is 71.9 Å². The molecule has 0 bridgehead atoms. The summed E-state index contributed by atoms with van der Waals surface area (Å²) in [4.78, 5) is 12.1. The Morgan fingerprint density at radius 2 is 1.90 bits per heavy atom. The summed E-state index contributed by atoms with van der Waals surface area (Å²) in [5.41, 5.74) is 2.60. The molecule has 0 aliphatic carbocycles. The summed E-state index contributed by atoms with van der Waals surface area (Å²) >= 11 is 0. The summed E-state index contributed by atoms with van der Waals surface area (Å²) < 4.78 is 10.6. The van der Waals surface area contributed by atoms with Crippen LogP contribution in [-0.2, 0) is 6.54 Å². The van der Waals surface area contributed by atoms with Gasteiger partial charge in [-0.05, 0) is 48.9 Å². The van der Waals surface area contributed by atoms with Gasteiger partial charge in [0, 0.05) is 11.1 Å². The molecule has 0 aliphatic rings. The number of furan rings is 2. The lowest BCUT2D eigenvalue weighted by atomic mass is 10.0. The molecule has 1 N–H and O–H groups in total. The average Bonchev–Trinajstić information content (AvgIpc) is 3.17. The first-order valence-electron chi connectivity index (χ1n) is 6.69. The van der Waals surface area contributed by atoms with Crippen LogP contribution in [0.25, 0.3) is 11.3 Å². The first-order valence-corrected chi connectivity index (χ1v) is 6.69. The van der Waals surface area contributed by atoms with Gasteiger partial charge >= 0.3 is 0 Å². The second kappa shape index (κ2) is 5.71. The molecule has 2 heterocycles.